The van der Waals surface area contributed by atoms with Crippen molar-refractivity contribution in [2.75, 3.05) is 45.9 Å². The largest absolute Gasteiger partial charge is 0.492 e. The van der Waals surface area contributed by atoms with Crippen LogP contribution in [0.1, 0.15) is 24.0 Å². The van der Waals surface area contributed by atoms with Crippen LogP contribution in [-0.2, 0) is 6.54 Å². The highest BCUT2D eigenvalue weighted by Crippen LogP contribution is 2.29. The summed E-state index contributed by atoms with van der Waals surface area (Å²) in [4.78, 5) is 15.6. The van der Waals surface area contributed by atoms with E-state index in [1.807, 2.05) is 37.3 Å². The summed E-state index contributed by atoms with van der Waals surface area (Å²) >= 11 is 6.23. The number of amides is 2. The van der Waals surface area contributed by atoms with Gasteiger partial charge < -0.3 is 24.8 Å². The van der Waals surface area contributed by atoms with Gasteiger partial charge in [-0.15, -0.1) is 0 Å². The maximum Gasteiger partial charge on any atom is 0.317 e. The molecular formula is C25H32ClN3O4. The van der Waals surface area contributed by atoms with Crippen molar-refractivity contribution < 1.29 is 19.4 Å². The van der Waals surface area contributed by atoms with Crippen LogP contribution in [0.25, 0.3) is 0 Å². The number of nitrogens with zero attached hydrogens (tertiary/aromatic N) is 2. The molecule has 0 saturated carbocycles. The Kier molecular flexibility index (Phi) is 7.63. The number of hydrogen-bond donors (Lipinski definition) is 2. The molecule has 0 aromatic heterocycles. The number of likely N-dealkylation sites (tertiary alicyclic amines) is 1. The highest BCUT2D eigenvalue weighted by atomic mass is 35.5. The molecule has 7 nitrogen and oxygen atoms in total. The molecule has 0 spiro atoms. The van der Waals surface area contributed by atoms with Crippen LogP contribution >= 0.6 is 11.6 Å². The highest BCUT2D eigenvalue weighted by Gasteiger charge is 2.34. The molecule has 2 aromatic rings. The zero-order valence-electron chi connectivity index (χ0n) is 19.1. The summed E-state index contributed by atoms with van der Waals surface area (Å²) in [5, 5.41) is 14.5. The monoisotopic (exact) mass is 473 g/mol. The van der Waals surface area contributed by atoms with Crippen LogP contribution in [0, 0.1) is 6.92 Å². The van der Waals surface area contributed by atoms with Gasteiger partial charge in [-0.3, -0.25) is 4.90 Å². The summed E-state index contributed by atoms with van der Waals surface area (Å²) in [6, 6.07) is 13.6. The normalized spacial score (nSPS) is 21.2. The van der Waals surface area contributed by atoms with Gasteiger partial charge in [0.05, 0.1) is 11.6 Å². The number of β-amino-alcohol motifs (C(OH)–C–C–N with tert-alkyl or cyclic N) is 1. The van der Waals surface area contributed by atoms with E-state index in [0.29, 0.717) is 43.4 Å². The van der Waals surface area contributed by atoms with Gasteiger partial charge in [-0.25, -0.2) is 4.79 Å². The molecule has 0 bridgehead atoms. The van der Waals surface area contributed by atoms with E-state index >= 15 is 0 Å². The third kappa shape index (κ3) is 6.53. The minimum atomic E-state index is -0.907. The summed E-state index contributed by atoms with van der Waals surface area (Å²) in [6.07, 6.45) is 1.61. The maximum atomic E-state index is 11.6. The number of piperidine rings is 1. The Morgan fingerprint density at radius 2 is 1.97 bits per heavy atom. The van der Waals surface area contributed by atoms with E-state index in [4.69, 9.17) is 21.1 Å². The number of carbonyl (C=O) groups excluding carboxylic acids is 1. The van der Waals surface area contributed by atoms with Gasteiger partial charge in [0.2, 0.25) is 0 Å². The van der Waals surface area contributed by atoms with E-state index in [1.54, 1.807) is 4.90 Å². The van der Waals surface area contributed by atoms with Crippen LogP contribution in [0.3, 0.4) is 0 Å². The lowest BCUT2D eigenvalue weighted by Crippen LogP contribution is -2.51. The Balaban J connectivity index is 1.25. The van der Waals surface area contributed by atoms with Gasteiger partial charge in [-0.2, -0.15) is 0 Å². The van der Waals surface area contributed by atoms with Gasteiger partial charge in [0, 0.05) is 26.2 Å². The Hall–Kier alpha value is -2.48. The number of nitrogens with one attached hydrogen (secondary N) is 1. The number of urea groups is 1. The Bertz CT molecular complexity index is 955. The SMILES string of the molecule is Cc1ccc(Cl)c(OCC2(O)CCCN(Cc3ccc(OCCN4CCNC4=O)cc3)C2)c1. The molecule has 2 heterocycles. The second-order valence-electron chi connectivity index (χ2n) is 8.97. The second kappa shape index (κ2) is 10.6. The first-order chi connectivity index (χ1) is 15.9. The van der Waals surface area contributed by atoms with Crippen molar-refractivity contribution in [1.29, 1.82) is 0 Å². The predicted molar refractivity (Wildman–Crippen MR) is 128 cm³/mol. The molecule has 2 fully saturated rings. The van der Waals surface area contributed by atoms with Gasteiger partial charge in [0.25, 0.3) is 0 Å². The molecule has 0 radical (unpaired) electrons. The zero-order chi connectivity index (χ0) is 23.3. The standard InChI is InChI=1S/C25H32ClN3O4/c1-19-3-8-22(26)23(15-19)33-18-25(31)9-2-11-28(17-25)16-20-4-6-21(7-5-20)32-14-13-29-12-10-27-24(29)30/h3-8,15,31H,2,9-14,16-18H2,1H3,(H,27,30). The van der Waals surface area contributed by atoms with Crippen LogP contribution in [-0.4, -0.2) is 72.5 Å². The lowest BCUT2D eigenvalue weighted by molar-refractivity contribution is -0.0621. The summed E-state index contributed by atoms with van der Waals surface area (Å²) in [6.45, 7) is 6.92. The van der Waals surface area contributed by atoms with Crippen molar-refractivity contribution >= 4 is 17.6 Å². The fraction of sp³-hybridized carbons (Fsp3) is 0.480. The molecule has 33 heavy (non-hydrogen) atoms. The van der Waals surface area contributed by atoms with Crippen molar-refractivity contribution in [3.63, 3.8) is 0 Å². The third-order valence-electron chi connectivity index (χ3n) is 6.12. The second-order valence-corrected chi connectivity index (χ2v) is 9.38. The van der Waals surface area contributed by atoms with Crippen molar-refractivity contribution in [2.45, 2.75) is 31.9 Å². The van der Waals surface area contributed by atoms with Gasteiger partial charge in [-0.05, 0) is 61.7 Å². The number of aryl methyl sites for hydroxylation is 1. The van der Waals surface area contributed by atoms with Crippen LogP contribution in [0.4, 0.5) is 4.79 Å². The Morgan fingerprint density at radius 3 is 2.73 bits per heavy atom. The summed E-state index contributed by atoms with van der Waals surface area (Å²) < 4.78 is 11.7. The first-order valence-electron chi connectivity index (χ1n) is 11.5. The number of benzene rings is 2. The average molecular weight is 474 g/mol. The van der Waals surface area contributed by atoms with Crippen LogP contribution in [0.15, 0.2) is 42.5 Å². The zero-order valence-corrected chi connectivity index (χ0v) is 19.8. The molecule has 1 unspecified atom stereocenters. The molecule has 2 amide bonds. The molecule has 2 aromatic carbocycles. The minimum Gasteiger partial charge on any atom is -0.492 e. The van der Waals surface area contributed by atoms with Gasteiger partial charge >= 0.3 is 6.03 Å². The molecule has 2 saturated heterocycles. The average Bonchev–Trinajstić information content (AvgIpc) is 3.20. The quantitative estimate of drug-likeness (QED) is 0.583. The Labute approximate surface area is 200 Å². The predicted octanol–water partition coefficient (Wildman–Crippen LogP) is 3.46. The van der Waals surface area contributed by atoms with Gasteiger partial charge in [0.1, 0.15) is 30.3 Å². The van der Waals surface area contributed by atoms with Crippen molar-refractivity contribution in [3.8, 4) is 11.5 Å². The summed E-state index contributed by atoms with van der Waals surface area (Å²) in [5.74, 6) is 1.40. The van der Waals surface area contributed by atoms with E-state index in [2.05, 4.69) is 22.3 Å². The lowest BCUT2D eigenvalue weighted by atomic mass is 9.93. The number of halogens is 1. The van der Waals surface area contributed by atoms with E-state index in [1.165, 1.54) is 0 Å². The first kappa shape index (κ1) is 23.7. The molecule has 4 rings (SSSR count). The van der Waals surface area contributed by atoms with Crippen molar-refractivity contribution in [3.05, 3.63) is 58.6 Å². The smallest absolute Gasteiger partial charge is 0.317 e. The fourth-order valence-electron chi connectivity index (χ4n) is 4.34. The first-order valence-corrected chi connectivity index (χ1v) is 11.9. The van der Waals surface area contributed by atoms with Crippen LogP contribution in [0.5, 0.6) is 11.5 Å². The molecule has 2 aliphatic rings. The number of hydrogen-bond acceptors (Lipinski definition) is 5. The molecule has 2 aliphatic heterocycles. The molecular weight excluding hydrogens is 442 g/mol. The van der Waals surface area contributed by atoms with E-state index < -0.39 is 5.60 Å². The number of ether oxygens (including phenoxy) is 2. The number of aliphatic hydroxyl groups is 1. The number of carbonyl (C=O) groups is 1. The van der Waals surface area contributed by atoms with Crippen molar-refractivity contribution in [2.24, 2.45) is 0 Å². The molecule has 1 atom stereocenters. The van der Waals surface area contributed by atoms with Crippen LogP contribution < -0.4 is 14.8 Å². The number of rotatable bonds is 9. The fourth-order valence-corrected chi connectivity index (χ4v) is 4.51. The summed E-state index contributed by atoms with van der Waals surface area (Å²) in [7, 11) is 0. The maximum absolute atomic E-state index is 11.6. The van der Waals surface area contributed by atoms with Crippen molar-refractivity contribution in [1.82, 2.24) is 15.1 Å². The Morgan fingerprint density at radius 1 is 1.15 bits per heavy atom. The molecule has 178 valence electrons. The van der Waals surface area contributed by atoms with E-state index in [0.717, 1.165) is 42.9 Å². The molecule has 0 aliphatic carbocycles. The van der Waals surface area contributed by atoms with E-state index in [-0.39, 0.29) is 12.6 Å². The van der Waals surface area contributed by atoms with Gasteiger partial charge in [-0.1, -0.05) is 29.8 Å². The van der Waals surface area contributed by atoms with E-state index in [9.17, 15) is 9.90 Å². The minimum absolute atomic E-state index is 0.0252. The van der Waals surface area contributed by atoms with Crippen LogP contribution in [0.2, 0.25) is 5.02 Å². The molecule has 2 N–H and O–H groups in total. The summed E-state index contributed by atoms with van der Waals surface area (Å²) in [5.41, 5.74) is 1.32. The highest BCUT2D eigenvalue weighted by molar-refractivity contribution is 6.32. The lowest BCUT2D eigenvalue weighted by Gasteiger charge is -2.39. The van der Waals surface area contributed by atoms with Gasteiger partial charge in [0.15, 0.2) is 0 Å². The topological polar surface area (TPSA) is 74.3 Å². The third-order valence-corrected chi connectivity index (χ3v) is 6.43. The molecule has 8 heteroatoms.